The topological polar surface area (TPSA) is 66.6 Å². The van der Waals surface area contributed by atoms with Crippen LogP contribution < -0.4 is 4.90 Å². The third-order valence-corrected chi connectivity index (χ3v) is 5.74. The van der Waals surface area contributed by atoms with E-state index >= 15 is 0 Å². The van der Waals surface area contributed by atoms with Crippen LogP contribution in [0.4, 0.5) is 5.82 Å². The van der Waals surface area contributed by atoms with E-state index in [2.05, 4.69) is 38.9 Å². The molecule has 1 fully saturated rings. The second-order valence-electron chi connectivity index (χ2n) is 7.78. The number of pyridine rings is 1. The fourth-order valence-corrected chi connectivity index (χ4v) is 4.06. The second kappa shape index (κ2) is 7.40. The first kappa shape index (κ1) is 18.0. The largest absolute Gasteiger partial charge is 0.355 e. The van der Waals surface area contributed by atoms with Crippen LogP contribution in [-0.4, -0.2) is 63.3 Å². The lowest BCUT2D eigenvalue weighted by molar-refractivity contribution is -0.113. The van der Waals surface area contributed by atoms with Gasteiger partial charge in [-0.15, -0.1) is 0 Å². The van der Waals surface area contributed by atoms with Crippen molar-refractivity contribution >= 4 is 29.0 Å². The maximum atomic E-state index is 12.8. The molecular weight excluding hydrogens is 364 g/mol. The summed E-state index contributed by atoms with van der Waals surface area (Å²) in [7, 11) is 2.17. The number of imidazole rings is 1. The standard InChI is InChI=1S/C22H24N6O/c1-26-9-3-11-27(13-12-26)21-7-4-16-14-17(20(29)6-5-18(16)24-21)19-15-28-10-2-8-23-22(28)25-19/h2,4,7-8,10,14-15H,3,5-6,9,11-13H2,1H3. The Bertz CT molecular complexity index is 1070. The molecule has 3 aromatic rings. The molecule has 3 aromatic heterocycles. The van der Waals surface area contributed by atoms with E-state index in [4.69, 9.17) is 4.98 Å². The van der Waals surface area contributed by atoms with Gasteiger partial charge in [-0.2, -0.15) is 0 Å². The molecule has 1 saturated heterocycles. The summed E-state index contributed by atoms with van der Waals surface area (Å²) in [5, 5.41) is 0. The summed E-state index contributed by atoms with van der Waals surface area (Å²) in [6.07, 6.45) is 9.64. The summed E-state index contributed by atoms with van der Waals surface area (Å²) in [5.74, 6) is 1.71. The van der Waals surface area contributed by atoms with Gasteiger partial charge in [0.2, 0.25) is 5.78 Å². The summed E-state index contributed by atoms with van der Waals surface area (Å²) in [5.41, 5.74) is 3.30. The van der Waals surface area contributed by atoms with Crippen LogP contribution in [-0.2, 0) is 11.2 Å². The number of Topliss-reactive ketones (excluding diaryl/α,β-unsaturated/α-hetero) is 1. The average Bonchev–Trinajstić information content (AvgIpc) is 2.94. The smallest absolute Gasteiger partial charge is 0.234 e. The Morgan fingerprint density at radius 1 is 1.03 bits per heavy atom. The molecule has 0 unspecified atom stereocenters. The van der Waals surface area contributed by atoms with Gasteiger partial charge >= 0.3 is 0 Å². The lowest BCUT2D eigenvalue weighted by Gasteiger charge is -2.22. The van der Waals surface area contributed by atoms with Gasteiger partial charge in [0.25, 0.3) is 0 Å². The van der Waals surface area contributed by atoms with E-state index in [9.17, 15) is 4.79 Å². The Hall–Kier alpha value is -3.06. The van der Waals surface area contributed by atoms with Crippen LogP contribution in [0.25, 0.3) is 17.4 Å². The average molecular weight is 388 g/mol. The molecule has 0 spiro atoms. The molecule has 148 valence electrons. The zero-order valence-corrected chi connectivity index (χ0v) is 16.6. The highest BCUT2D eigenvalue weighted by Gasteiger charge is 2.22. The fourth-order valence-electron chi connectivity index (χ4n) is 4.06. The highest BCUT2D eigenvalue weighted by Crippen LogP contribution is 2.28. The minimum Gasteiger partial charge on any atom is -0.355 e. The van der Waals surface area contributed by atoms with E-state index in [1.807, 2.05) is 28.9 Å². The predicted molar refractivity (Wildman–Crippen MR) is 113 cm³/mol. The molecule has 7 nitrogen and oxygen atoms in total. The molecule has 0 aromatic carbocycles. The van der Waals surface area contributed by atoms with Crippen LogP contribution in [0, 0.1) is 0 Å². The zero-order chi connectivity index (χ0) is 19.8. The van der Waals surface area contributed by atoms with Crippen LogP contribution >= 0.6 is 0 Å². The molecule has 4 heterocycles. The number of likely N-dealkylation sites (N-methyl/N-ethyl adjacent to an activating group) is 1. The van der Waals surface area contributed by atoms with Gasteiger partial charge in [-0.1, -0.05) is 0 Å². The van der Waals surface area contributed by atoms with Crippen molar-refractivity contribution in [1.29, 1.82) is 0 Å². The Morgan fingerprint density at radius 3 is 2.86 bits per heavy atom. The minimum atomic E-state index is 0.101. The summed E-state index contributed by atoms with van der Waals surface area (Å²) in [6, 6.07) is 6.03. The number of allylic oxidation sites excluding steroid dienone is 1. The second-order valence-corrected chi connectivity index (χ2v) is 7.78. The molecule has 1 aliphatic carbocycles. The first-order chi connectivity index (χ1) is 14.2. The van der Waals surface area contributed by atoms with Crippen molar-refractivity contribution in [2.45, 2.75) is 19.3 Å². The summed E-state index contributed by atoms with van der Waals surface area (Å²) >= 11 is 0. The van der Waals surface area contributed by atoms with Gasteiger partial charge in [-0.05, 0) is 56.3 Å². The van der Waals surface area contributed by atoms with Gasteiger partial charge in [-0.25, -0.2) is 15.0 Å². The Balaban J connectivity index is 1.49. The van der Waals surface area contributed by atoms with Gasteiger partial charge < -0.3 is 9.80 Å². The van der Waals surface area contributed by atoms with Gasteiger partial charge in [-0.3, -0.25) is 9.20 Å². The quantitative estimate of drug-likeness (QED) is 0.671. The maximum Gasteiger partial charge on any atom is 0.234 e. The van der Waals surface area contributed by atoms with Gasteiger partial charge in [0.1, 0.15) is 5.82 Å². The first-order valence-electron chi connectivity index (χ1n) is 10.2. The van der Waals surface area contributed by atoms with E-state index in [1.165, 1.54) is 0 Å². The highest BCUT2D eigenvalue weighted by atomic mass is 16.1. The van der Waals surface area contributed by atoms with Crippen molar-refractivity contribution in [1.82, 2.24) is 24.3 Å². The monoisotopic (exact) mass is 388 g/mol. The molecule has 0 bridgehead atoms. The fraction of sp³-hybridized carbons (Fsp3) is 0.364. The van der Waals surface area contributed by atoms with E-state index in [0.29, 0.717) is 29.9 Å². The molecule has 1 aliphatic heterocycles. The molecule has 0 N–H and O–H groups in total. The van der Waals surface area contributed by atoms with Crippen LogP contribution in [0.1, 0.15) is 29.8 Å². The van der Waals surface area contributed by atoms with E-state index in [1.54, 1.807) is 6.20 Å². The molecule has 0 amide bonds. The Labute approximate surface area is 169 Å². The molecule has 0 saturated carbocycles. The minimum absolute atomic E-state index is 0.101. The van der Waals surface area contributed by atoms with Crippen molar-refractivity contribution in [3.63, 3.8) is 0 Å². The summed E-state index contributed by atoms with van der Waals surface area (Å²) < 4.78 is 1.84. The van der Waals surface area contributed by atoms with E-state index in [0.717, 1.165) is 49.7 Å². The number of nitrogens with zero attached hydrogens (tertiary/aromatic N) is 6. The van der Waals surface area contributed by atoms with Gasteiger partial charge in [0, 0.05) is 50.2 Å². The number of hydrogen-bond donors (Lipinski definition) is 0. The number of fused-ring (bicyclic) bond motifs is 2. The summed E-state index contributed by atoms with van der Waals surface area (Å²) in [4.78, 5) is 31.3. The predicted octanol–water partition coefficient (Wildman–Crippen LogP) is 2.32. The zero-order valence-electron chi connectivity index (χ0n) is 16.6. The molecular formula is C22H24N6O. The number of carbonyl (C=O) groups is 1. The molecule has 0 radical (unpaired) electrons. The third-order valence-electron chi connectivity index (χ3n) is 5.74. The molecule has 0 atom stereocenters. The maximum absolute atomic E-state index is 12.8. The van der Waals surface area contributed by atoms with Crippen molar-refractivity contribution in [2.24, 2.45) is 0 Å². The van der Waals surface area contributed by atoms with Crippen molar-refractivity contribution < 1.29 is 4.79 Å². The summed E-state index contributed by atoms with van der Waals surface area (Å²) in [6.45, 7) is 4.17. The van der Waals surface area contributed by atoms with E-state index < -0.39 is 0 Å². The van der Waals surface area contributed by atoms with Gasteiger partial charge in [0.15, 0.2) is 5.78 Å². The highest BCUT2D eigenvalue weighted by molar-refractivity contribution is 6.25. The Kier molecular flexibility index (Phi) is 4.60. The molecule has 5 rings (SSSR count). The van der Waals surface area contributed by atoms with Crippen molar-refractivity contribution in [3.8, 4) is 0 Å². The molecule has 7 heteroatoms. The van der Waals surface area contributed by atoms with Crippen LogP contribution in [0.15, 0.2) is 36.8 Å². The molecule has 29 heavy (non-hydrogen) atoms. The third kappa shape index (κ3) is 3.53. The van der Waals surface area contributed by atoms with Crippen LogP contribution in [0.2, 0.25) is 0 Å². The van der Waals surface area contributed by atoms with Crippen LogP contribution in [0.5, 0.6) is 0 Å². The van der Waals surface area contributed by atoms with Crippen molar-refractivity contribution in [2.75, 3.05) is 38.1 Å². The van der Waals surface area contributed by atoms with Crippen LogP contribution in [0.3, 0.4) is 0 Å². The lowest BCUT2D eigenvalue weighted by Crippen LogP contribution is -2.29. The first-order valence-corrected chi connectivity index (χ1v) is 10.2. The normalized spacial score (nSPS) is 18.3. The van der Waals surface area contributed by atoms with Crippen molar-refractivity contribution in [3.05, 3.63) is 53.7 Å². The Morgan fingerprint density at radius 2 is 1.97 bits per heavy atom. The number of aromatic nitrogens is 4. The van der Waals surface area contributed by atoms with Gasteiger partial charge in [0.05, 0.1) is 11.4 Å². The van der Waals surface area contributed by atoms with E-state index in [-0.39, 0.29) is 5.78 Å². The number of aryl methyl sites for hydroxylation is 1. The number of rotatable bonds is 2. The SMILES string of the molecule is CN1CCCN(c2ccc3c(n2)CCC(=O)C(c2cn4cccnc4n2)=C3)CC1. The lowest BCUT2D eigenvalue weighted by atomic mass is 10.1. The number of carbonyl (C=O) groups excluding carboxylic acids is 1. The number of hydrogen-bond acceptors (Lipinski definition) is 6. The number of ketones is 1. The number of anilines is 1. The molecule has 2 aliphatic rings.